The van der Waals surface area contributed by atoms with Crippen molar-refractivity contribution in [1.29, 1.82) is 0 Å². The summed E-state index contributed by atoms with van der Waals surface area (Å²) < 4.78 is 0. The van der Waals surface area contributed by atoms with Gasteiger partial charge in [-0.25, -0.2) is 4.98 Å². The molecule has 0 aliphatic carbocycles. The minimum Gasteiger partial charge on any atom is -0.508 e. The first-order chi connectivity index (χ1) is 17.5. The van der Waals surface area contributed by atoms with E-state index in [0.717, 1.165) is 35.6 Å². The summed E-state index contributed by atoms with van der Waals surface area (Å²) in [6, 6.07) is 13.6. The second-order valence-electron chi connectivity index (χ2n) is 8.88. The number of phenols is 1. The van der Waals surface area contributed by atoms with Crippen LogP contribution in [0.4, 0.5) is 0 Å². The maximum Gasteiger partial charge on any atom is 0.253 e. The number of aromatic amines is 1. The average molecular weight is 483 g/mol. The van der Waals surface area contributed by atoms with Gasteiger partial charge in [-0.05, 0) is 67.3 Å². The predicted molar refractivity (Wildman–Crippen MR) is 145 cm³/mol. The number of benzene rings is 2. The Labute approximate surface area is 213 Å². The number of rotatable bonds is 9. The van der Waals surface area contributed by atoms with Crippen LogP contribution in [0.25, 0.3) is 6.08 Å². The van der Waals surface area contributed by atoms with Gasteiger partial charge in [-0.3, -0.25) is 9.69 Å². The van der Waals surface area contributed by atoms with Crippen molar-refractivity contribution < 1.29 is 9.90 Å². The number of carbonyl (C=O) groups excluding carboxylic acids is 1. The van der Waals surface area contributed by atoms with Gasteiger partial charge in [0, 0.05) is 43.6 Å². The van der Waals surface area contributed by atoms with Crippen molar-refractivity contribution in [1.82, 2.24) is 19.8 Å². The highest BCUT2D eigenvalue weighted by Crippen LogP contribution is 2.37. The van der Waals surface area contributed by atoms with Gasteiger partial charge in [0.25, 0.3) is 5.91 Å². The molecule has 2 heterocycles. The zero-order chi connectivity index (χ0) is 25.5. The van der Waals surface area contributed by atoms with Gasteiger partial charge in [0.15, 0.2) is 0 Å². The van der Waals surface area contributed by atoms with E-state index in [1.54, 1.807) is 12.1 Å². The van der Waals surface area contributed by atoms with E-state index in [2.05, 4.69) is 33.6 Å². The van der Waals surface area contributed by atoms with Gasteiger partial charge in [-0.2, -0.15) is 0 Å². The number of imidazole rings is 1. The largest absolute Gasteiger partial charge is 0.508 e. The summed E-state index contributed by atoms with van der Waals surface area (Å²) in [6.07, 6.45) is 12.1. The number of phenolic OH excluding ortho intramolecular Hbond substituents is 1. The zero-order valence-electron chi connectivity index (χ0n) is 21.0. The predicted octanol–water partition coefficient (Wildman–Crippen LogP) is 5.50. The number of hydrogen-bond acceptors (Lipinski definition) is 4. The summed E-state index contributed by atoms with van der Waals surface area (Å²) in [4.78, 5) is 25.0. The highest BCUT2D eigenvalue weighted by molar-refractivity contribution is 5.94. The zero-order valence-corrected chi connectivity index (χ0v) is 21.0. The Balaban J connectivity index is 1.62. The van der Waals surface area contributed by atoms with E-state index in [1.807, 2.05) is 73.5 Å². The topological polar surface area (TPSA) is 72.5 Å². The van der Waals surface area contributed by atoms with E-state index in [-0.39, 0.29) is 17.7 Å². The summed E-state index contributed by atoms with van der Waals surface area (Å²) in [5.74, 6) is 1.15. The number of carbonyl (C=O) groups is 1. The molecule has 0 spiro atoms. The molecule has 2 aromatic carbocycles. The summed E-state index contributed by atoms with van der Waals surface area (Å²) in [6.45, 7) is 10.6. The van der Waals surface area contributed by atoms with Gasteiger partial charge in [0.2, 0.25) is 0 Å². The van der Waals surface area contributed by atoms with Crippen LogP contribution in [0.2, 0.25) is 0 Å². The first kappa shape index (κ1) is 25.2. The maximum atomic E-state index is 12.8. The highest BCUT2D eigenvalue weighted by Gasteiger charge is 2.29. The molecule has 0 saturated carbocycles. The monoisotopic (exact) mass is 482 g/mol. The molecule has 1 unspecified atom stereocenters. The van der Waals surface area contributed by atoms with Crippen molar-refractivity contribution in [3.8, 4) is 5.75 Å². The van der Waals surface area contributed by atoms with Crippen molar-refractivity contribution in [2.24, 2.45) is 0 Å². The third kappa shape index (κ3) is 5.66. The maximum absolute atomic E-state index is 12.8. The number of amides is 1. The van der Waals surface area contributed by atoms with E-state index in [4.69, 9.17) is 0 Å². The first-order valence-corrected chi connectivity index (χ1v) is 12.5. The first-order valence-electron chi connectivity index (χ1n) is 12.5. The Morgan fingerprint density at radius 2 is 1.94 bits per heavy atom. The molecule has 0 bridgehead atoms. The molecule has 1 aromatic heterocycles. The lowest BCUT2D eigenvalue weighted by Crippen LogP contribution is -2.36. The van der Waals surface area contributed by atoms with Gasteiger partial charge in [0.05, 0.1) is 6.04 Å². The quantitative estimate of drug-likeness (QED) is 0.395. The molecule has 3 aromatic rings. The number of hydrogen-bond donors (Lipinski definition) is 2. The molecule has 1 aliphatic rings. The lowest BCUT2D eigenvalue weighted by Gasteiger charge is -2.37. The molecular formula is C30H34N4O2. The molecule has 1 amide bonds. The molecule has 36 heavy (non-hydrogen) atoms. The van der Waals surface area contributed by atoms with Crippen LogP contribution in [-0.4, -0.2) is 50.4 Å². The summed E-state index contributed by atoms with van der Waals surface area (Å²) in [7, 11) is 0. The number of H-pyrrole nitrogens is 1. The van der Waals surface area contributed by atoms with Gasteiger partial charge in [0.1, 0.15) is 11.6 Å². The van der Waals surface area contributed by atoms with Crippen LogP contribution in [0.15, 0.2) is 79.5 Å². The Morgan fingerprint density at radius 3 is 2.67 bits per heavy atom. The summed E-state index contributed by atoms with van der Waals surface area (Å²) in [5, 5.41) is 10.1. The number of nitrogens with zero attached hydrogens (tertiary/aromatic N) is 3. The van der Waals surface area contributed by atoms with Gasteiger partial charge >= 0.3 is 0 Å². The average Bonchev–Trinajstić information content (AvgIpc) is 3.34. The lowest BCUT2D eigenvalue weighted by molar-refractivity contribution is 0.0773. The van der Waals surface area contributed by atoms with E-state index >= 15 is 0 Å². The summed E-state index contributed by atoms with van der Waals surface area (Å²) in [5.41, 5.74) is 5.18. The lowest BCUT2D eigenvalue weighted by atomic mass is 9.87. The van der Waals surface area contributed by atoms with E-state index in [1.165, 1.54) is 5.56 Å². The molecule has 0 saturated heterocycles. The van der Waals surface area contributed by atoms with Crippen molar-refractivity contribution in [3.05, 3.63) is 113 Å². The van der Waals surface area contributed by atoms with Gasteiger partial charge < -0.3 is 15.0 Å². The second-order valence-corrected chi connectivity index (χ2v) is 8.88. The summed E-state index contributed by atoms with van der Waals surface area (Å²) >= 11 is 0. The van der Waals surface area contributed by atoms with Gasteiger partial charge in [-0.15, -0.1) is 0 Å². The molecule has 2 N–H and O–H groups in total. The van der Waals surface area contributed by atoms with Gasteiger partial charge in [-0.1, -0.05) is 49.1 Å². The Hall–Kier alpha value is -3.90. The van der Waals surface area contributed by atoms with E-state index in [9.17, 15) is 9.90 Å². The van der Waals surface area contributed by atoms with Crippen LogP contribution >= 0.6 is 0 Å². The third-order valence-corrected chi connectivity index (χ3v) is 6.61. The minimum atomic E-state index is 0.00442. The van der Waals surface area contributed by atoms with Crippen molar-refractivity contribution in [2.75, 3.05) is 19.6 Å². The number of allylic oxidation sites excluding steroid dienone is 4. The van der Waals surface area contributed by atoms with Crippen LogP contribution in [-0.2, 0) is 13.0 Å². The standard InChI is InChI=1S/C30H34N4O2/c1-4-7-8-9-10-28-31-20-25(32-28)21-34-18-17-24-19-26(35)15-16-27(24)29(34)22-11-13-23(14-12-22)30(36)33(5-2)6-3/h4,7-16,19-20,29,35H,1,5-6,17-18,21H2,2-3H3,(H,31,32)/b8-7-,10-9+. The van der Waals surface area contributed by atoms with Crippen molar-refractivity contribution in [3.63, 3.8) is 0 Å². The Bertz CT molecular complexity index is 1250. The molecule has 1 aliphatic heterocycles. The molecule has 6 nitrogen and oxygen atoms in total. The fraction of sp³-hybridized carbons (Fsp3) is 0.267. The van der Waals surface area contributed by atoms with Crippen LogP contribution in [0.3, 0.4) is 0 Å². The van der Waals surface area contributed by atoms with E-state index in [0.29, 0.717) is 25.2 Å². The van der Waals surface area contributed by atoms with Crippen LogP contribution in [0, 0.1) is 0 Å². The van der Waals surface area contributed by atoms with Crippen LogP contribution in [0.5, 0.6) is 5.75 Å². The smallest absolute Gasteiger partial charge is 0.253 e. The Morgan fingerprint density at radius 1 is 1.17 bits per heavy atom. The second kappa shape index (κ2) is 11.7. The molecule has 4 rings (SSSR count). The SMILES string of the molecule is C=C/C=C\C=C\c1ncc(CN2CCc3cc(O)ccc3C2c2ccc(C(=O)N(CC)CC)cc2)[nH]1. The Kier molecular flexibility index (Phi) is 8.18. The van der Waals surface area contributed by atoms with Crippen molar-refractivity contribution in [2.45, 2.75) is 32.9 Å². The third-order valence-electron chi connectivity index (χ3n) is 6.61. The molecule has 186 valence electrons. The number of aromatic nitrogens is 2. The van der Waals surface area contributed by atoms with Crippen LogP contribution in [0.1, 0.15) is 58.5 Å². The number of fused-ring (bicyclic) bond motifs is 1. The number of aromatic hydroxyl groups is 1. The normalized spacial score (nSPS) is 15.9. The molecule has 1 atom stereocenters. The minimum absolute atomic E-state index is 0.00442. The van der Waals surface area contributed by atoms with E-state index < -0.39 is 0 Å². The van der Waals surface area contributed by atoms with Crippen molar-refractivity contribution >= 4 is 12.0 Å². The molecule has 0 radical (unpaired) electrons. The highest BCUT2D eigenvalue weighted by atomic mass is 16.3. The fourth-order valence-corrected chi connectivity index (χ4v) is 4.78. The van der Waals surface area contributed by atoms with Crippen LogP contribution < -0.4 is 0 Å². The molecule has 0 fully saturated rings. The molecular weight excluding hydrogens is 448 g/mol. The number of nitrogens with one attached hydrogen (secondary N) is 1. The fourth-order valence-electron chi connectivity index (χ4n) is 4.78. The molecule has 6 heteroatoms.